The van der Waals surface area contributed by atoms with Crippen molar-refractivity contribution >= 4 is 21.7 Å². The molecule has 0 spiro atoms. The monoisotopic (exact) mass is 473 g/mol. The standard InChI is InChI=1S/C23H31N5O4S/c1-4-6-8-10-11-13-18-33(30,31)21-19-20(3)22(26-25-21)27-28-23(29)24-15-14-17-32-16-12-9-7-5-2/h2,19H,4,6,8,10-11,13-15,17-18H2,1,3H3,(H,26,27)(H2,24,28,29). The molecule has 0 fully saturated rings. The summed E-state index contributed by atoms with van der Waals surface area (Å²) < 4.78 is 30.0. The van der Waals surface area contributed by atoms with E-state index in [-0.39, 0.29) is 16.6 Å². The molecule has 1 aromatic heterocycles. The first-order valence-electron chi connectivity index (χ1n) is 10.8. The number of carbonyl (C=O) groups is 1. The minimum atomic E-state index is -3.49. The lowest BCUT2D eigenvalue weighted by molar-refractivity contribution is 0.238. The lowest BCUT2D eigenvalue weighted by Crippen LogP contribution is -2.40. The lowest BCUT2D eigenvalue weighted by Gasteiger charge is -2.11. The summed E-state index contributed by atoms with van der Waals surface area (Å²) in [6, 6.07) is 0.968. The third kappa shape index (κ3) is 12.3. The van der Waals surface area contributed by atoms with Gasteiger partial charge in [0.15, 0.2) is 20.7 Å². The van der Waals surface area contributed by atoms with Crippen molar-refractivity contribution in [2.45, 2.75) is 63.8 Å². The normalized spacial score (nSPS) is 9.97. The molecular weight excluding hydrogens is 442 g/mol. The topological polar surface area (TPSA) is 122 Å². The van der Waals surface area contributed by atoms with E-state index >= 15 is 0 Å². The van der Waals surface area contributed by atoms with Crippen LogP contribution in [-0.4, -0.2) is 43.6 Å². The van der Waals surface area contributed by atoms with Crippen LogP contribution in [0.2, 0.25) is 0 Å². The molecule has 0 radical (unpaired) electrons. The van der Waals surface area contributed by atoms with Gasteiger partial charge in [-0.05, 0) is 43.2 Å². The second-order valence-corrected chi connectivity index (χ2v) is 9.19. The molecule has 2 amide bonds. The van der Waals surface area contributed by atoms with Crippen LogP contribution in [0.25, 0.3) is 0 Å². The van der Waals surface area contributed by atoms with Gasteiger partial charge >= 0.3 is 6.03 Å². The van der Waals surface area contributed by atoms with Gasteiger partial charge in [0.05, 0.1) is 5.75 Å². The molecule has 0 aliphatic carbocycles. The summed E-state index contributed by atoms with van der Waals surface area (Å²) >= 11 is 0. The summed E-state index contributed by atoms with van der Waals surface area (Å²) in [5, 5.41) is 10.3. The van der Waals surface area contributed by atoms with Gasteiger partial charge in [-0.2, -0.15) is 0 Å². The van der Waals surface area contributed by atoms with Crippen molar-refractivity contribution in [1.82, 2.24) is 20.9 Å². The Labute approximate surface area is 196 Å². The van der Waals surface area contributed by atoms with Crippen LogP contribution in [0, 0.1) is 43.1 Å². The average Bonchev–Trinajstić information content (AvgIpc) is 2.79. The molecular formula is C23H31N5O4S. The van der Waals surface area contributed by atoms with Crippen molar-refractivity contribution in [1.29, 1.82) is 0 Å². The van der Waals surface area contributed by atoms with Crippen molar-refractivity contribution in [2.24, 2.45) is 0 Å². The maximum absolute atomic E-state index is 12.5. The van der Waals surface area contributed by atoms with Gasteiger partial charge in [0, 0.05) is 18.4 Å². The molecule has 0 aliphatic heterocycles. The van der Waals surface area contributed by atoms with Crippen LogP contribution in [0.3, 0.4) is 0 Å². The van der Waals surface area contributed by atoms with Crippen LogP contribution in [0.4, 0.5) is 10.6 Å². The van der Waals surface area contributed by atoms with Gasteiger partial charge in [-0.3, -0.25) is 10.9 Å². The van der Waals surface area contributed by atoms with Crippen molar-refractivity contribution in [3.05, 3.63) is 11.6 Å². The maximum Gasteiger partial charge on any atom is 0.333 e. The smallest absolute Gasteiger partial charge is 0.333 e. The van der Waals surface area contributed by atoms with E-state index < -0.39 is 15.9 Å². The first kappa shape index (κ1) is 27.6. The van der Waals surface area contributed by atoms with Gasteiger partial charge in [0.2, 0.25) is 0 Å². The van der Waals surface area contributed by atoms with Crippen molar-refractivity contribution in [3.8, 4) is 36.2 Å². The Morgan fingerprint density at radius 1 is 1.09 bits per heavy atom. The Morgan fingerprint density at radius 3 is 2.58 bits per heavy atom. The van der Waals surface area contributed by atoms with Crippen molar-refractivity contribution < 1.29 is 17.9 Å². The highest BCUT2D eigenvalue weighted by atomic mass is 32.2. The van der Waals surface area contributed by atoms with Gasteiger partial charge in [-0.1, -0.05) is 39.0 Å². The number of terminal acetylenes is 1. The van der Waals surface area contributed by atoms with E-state index in [1.54, 1.807) is 6.92 Å². The van der Waals surface area contributed by atoms with Crippen LogP contribution in [0.1, 0.15) is 57.4 Å². The zero-order valence-corrected chi connectivity index (χ0v) is 20.0. The quantitative estimate of drug-likeness (QED) is 0.216. The Bertz CT molecular complexity index is 1030. The number of nitrogens with zero attached hydrogens (tertiary/aromatic N) is 2. The number of hydrogen-bond acceptors (Lipinski definition) is 7. The summed E-state index contributed by atoms with van der Waals surface area (Å²) in [5.41, 5.74) is 5.60. The molecule has 1 heterocycles. The summed E-state index contributed by atoms with van der Waals surface area (Å²) in [5.74, 6) is 9.60. The van der Waals surface area contributed by atoms with E-state index in [1.165, 1.54) is 12.5 Å². The lowest BCUT2D eigenvalue weighted by atomic mass is 10.1. The largest absolute Gasteiger partial charge is 0.446 e. The average molecular weight is 474 g/mol. The molecule has 0 bridgehead atoms. The van der Waals surface area contributed by atoms with Gasteiger partial charge in [-0.15, -0.1) is 16.6 Å². The van der Waals surface area contributed by atoms with Crippen molar-refractivity contribution in [2.75, 3.05) is 24.3 Å². The second kappa shape index (κ2) is 16.2. The van der Waals surface area contributed by atoms with Gasteiger partial charge in [-0.25, -0.2) is 13.2 Å². The number of sulfone groups is 1. The molecule has 0 aliphatic rings. The number of aromatic nitrogens is 2. The molecule has 1 aromatic rings. The number of carbonyl (C=O) groups excluding carboxylic acids is 1. The van der Waals surface area contributed by atoms with Gasteiger partial charge in [0.25, 0.3) is 0 Å². The van der Waals surface area contributed by atoms with E-state index in [0.717, 1.165) is 25.7 Å². The number of urea groups is 1. The molecule has 0 saturated heterocycles. The van der Waals surface area contributed by atoms with E-state index in [4.69, 9.17) is 11.2 Å². The van der Waals surface area contributed by atoms with Crippen LogP contribution in [0.5, 0.6) is 0 Å². The summed E-state index contributed by atoms with van der Waals surface area (Å²) in [6.07, 6.45) is 13.8. The highest BCUT2D eigenvalue weighted by molar-refractivity contribution is 7.91. The van der Waals surface area contributed by atoms with Crippen LogP contribution in [-0.2, 0) is 14.6 Å². The Hall–Kier alpha value is -3.42. The second-order valence-electron chi connectivity index (χ2n) is 7.13. The number of unbranched alkanes of at least 4 members (excludes halogenated alkanes) is 5. The Balaban J connectivity index is 2.37. The SMILES string of the molecule is C#CC#CC#COCCCNC(=O)NNc1nnc(S(=O)(=O)CCCCCCCC)cc1C. The fourth-order valence-corrected chi connectivity index (χ4v) is 3.91. The molecule has 0 saturated carbocycles. The minimum Gasteiger partial charge on any atom is -0.446 e. The van der Waals surface area contributed by atoms with Crippen molar-refractivity contribution in [3.63, 3.8) is 0 Å². The number of rotatable bonds is 14. The van der Waals surface area contributed by atoms with E-state index in [1.807, 2.05) is 0 Å². The number of hydrazine groups is 1. The number of nitrogens with one attached hydrogen (secondary N) is 3. The van der Waals surface area contributed by atoms with E-state index in [0.29, 0.717) is 31.6 Å². The molecule has 3 N–H and O–H groups in total. The predicted molar refractivity (Wildman–Crippen MR) is 127 cm³/mol. The molecule has 0 unspecified atom stereocenters. The van der Waals surface area contributed by atoms with E-state index in [2.05, 4.69) is 63.1 Å². The van der Waals surface area contributed by atoms with Crippen LogP contribution >= 0.6 is 0 Å². The van der Waals surface area contributed by atoms with Crippen LogP contribution in [0.15, 0.2) is 11.1 Å². The number of ether oxygens (including phenoxy) is 1. The Morgan fingerprint density at radius 2 is 1.85 bits per heavy atom. The minimum absolute atomic E-state index is 0.0499. The highest BCUT2D eigenvalue weighted by Crippen LogP contribution is 2.16. The summed E-state index contributed by atoms with van der Waals surface area (Å²) in [4.78, 5) is 11.8. The molecule has 10 heteroatoms. The number of amides is 2. The number of anilines is 1. The fourth-order valence-electron chi connectivity index (χ4n) is 2.60. The molecule has 0 aromatic carbocycles. The van der Waals surface area contributed by atoms with Crippen LogP contribution < -0.4 is 16.2 Å². The molecule has 9 nitrogen and oxygen atoms in total. The fraction of sp³-hybridized carbons (Fsp3) is 0.522. The predicted octanol–water partition coefficient (Wildman–Crippen LogP) is 2.55. The number of aryl methyl sites for hydroxylation is 1. The molecule has 178 valence electrons. The van der Waals surface area contributed by atoms with Gasteiger partial charge in [0.1, 0.15) is 12.7 Å². The third-order valence-electron chi connectivity index (χ3n) is 4.37. The maximum atomic E-state index is 12.5. The summed E-state index contributed by atoms with van der Waals surface area (Å²) in [6.45, 7) is 4.50. The molecule has 1 rings (SSSR count). The van der Waals surface area contributed by atoms with Gasteiger partial charge < -0.3 is 10.1 Å². The molecule has 0 atom stereocenters. The van der Waals surface area contributed by atoms with E-state index in [9.17, 15) is 13.2 Å². The Kier molecular flexibility index (Phi) is 13.6. The number of hydrogen-bond donors (Lipinski definition) is 3. The summed E-state index contributed by atoms with van der Waals surface area (Å²) in [7, 11) is -3.49. The molecule has 33 heavy (non-hydrogen) atoms. The third-order valence-corrected chi connectivity index (χ3v) is 6.03. The zero-order chi connectivity index (χ0) is 24.4. The highest BCUT2D eigenvalue weighted by Gasteiger charge is 2.18. The zero-order valence-electron chi connectivity index (χ0n) is 19.2. The first-order chi connectivity index (χ1) is 15.9. The first-order valence-corrected chi connectivity index (χ1v) is 12.5.